The minimum absolute atomic E-state index is 0.109. The number of nitrogens with one attached hydrogen (secondary N) is 1. The molecule has 0 bridgehead atoms. The second-order valence-corrected chi connectivity index (χ2v) is 8.03. The van der Waals surface area contributed by atoms with Crippen LogP contribution >= 0.6 is 0 Å². The highest BCUT2D eigenvalue weighted by atomic mass is 16.6. The third-order valence-electron chi connectivity index (χ3n) is 4.68. The zero-order valence-electron chi connectivity index (χ0n) is 17.1. The van der Waals surface area contributed by atoms with Gasteiger partial charge in [-0.1, -0.05) is 0 Å². The van der Waals surface area contributed by atoms with E-state index in [1.165, 1.54) is 12.0 Å². The molecule has 9 heteroatoms. The number of piperidine rings is 1. The fourth-order valence-electron chi connectivity index (χ4n) is 3.07. The Morgan fingerprint density at radius 1 is 1.21 bits per heavy atom. The number of anilines is 1. The van der Waals surface area contributed by atoms with Crippen LogP contribution < -0.4 is 10.1 Å². The van der Waals surface area contributed by atoms with Crippen molar-refractivity contribution in [2.45, 2.75) is 44.8 Å². The summed E-state index contributed by atoms with van der Waals surface area (Å²) in [6, 6.07) is 5.04. The maximum Gasteiger partial charge on any atom is 0.410 e. The van der Waals surface area contributed by atoms with Gasteiger partial charge in [-0.25, -0.2) is 9.78 Å². The number of pyridine rings is 2. The van der Waals surface area contributed by atoms with Gasteiger partial charge in [0, 0.05) is 38.2 Å². The highest BCUT2D eigenvalue weighted by molar-refractivity contribution is 6.02. The van der Waals surface area contributed by atoms with Crippen LogP contribution in [0.4, 0.5) is 10.5 Å². The smallest absolute Gasteiger partial charge is 0.410 e. The molecule has 0 radical (unpaired) electrons. The second kappa shape index (κ2) is 7.82. The van der Waals surface area contributed by atoms with Gasteiger partial charge in [-0.05, 0) is 32.9 Å². The van der Waals surface area contributed by atoms with Crippen LogP contribution in [0.1, 0.15) is 33.6 Å². The number of likely N-dealkylation sites (tertiary alicyclic amines) is 1. The van der Waals surface area contributed by atoms with Gasteiger partial charge in [-0.2, -0.15) is 0 Å². The third kappa shape index (κ3) is 4.73. The van der Waals surface area contributed by atoms with Gasteiger partial charge < -0.3 is 24.8 Å². The van der Waals surface area contributed by atoms with Gasteiger partial charge in [-0.3, -0.25) is 9.78 Å². The van der Waals surface area contributed by atoms with Gasteiger partial charge in [0.2, 0.25) is 5.88 Å². The van der Waals surface area contributed by atoms with Crippen molar-refractivity contribution in [3.05, 3.63) is 24.4 Å². The van der Waals surface area contributed by atoms with Gasteiger partial charge in [0.25, 0.3) is 5.91 Å². The zero-order chi connectivity index (χ0) is 21.2. The van der Waals surface area contributed by atoms with Crippen molar-refractivity contribution in [1.29, 1.82) is 0 Å². The Morgan fingerprint density at radius 2 is 1.90 bits per heavy atom. The summed E-state index contributed by atoms with van der Waals surface area (Å²) >= 11 is 0. The summed E-state index contributed by atoms with van der Waals surface area (Å²) in [5.74, 6) is -0.149. The Labute approximate surface area is 169 Å². The van der Waals surface area contributed by atoms with Crippen molar-refractivity contribution in [1.82, 2.24) is 14.9 Å². The first kappa shape index (κ1) is 20.8. The van der Waals surface area contributed by atoms with Crippen molar-refractivity contribution in [3.8, 4) is 5.88 Å². The molecule has 0 aromatic carbocycles. The quantitative estimate of drug-likeness (QED) is 0.810. The molecule has 0 saturated carbocycles. The number of ether oxygens (including phenoxy) is 2. The predicted molar refractivity (Wildman–Crippen MR) is 107 cm³/mol. The van der Waals surface area contributed by atoms with Crippen LogP contribution in [0, 0.1) is 0 Å². The first-order valence-electron chi connectivity index (χ1n) is 9.43. The van der Waals surface area contributed by atoms with Crippen LogP contribution in [-0.2, 0) is 9.53 Å². The molecule has 2 aromatic rings. The van der Waals surface area contributed by atoms with E-state index in [2.05, 4.69) is 15.3 Å². The normalized spacial score (nSPS) is 16.4. The maximum atomic E-state index is 12.8. The summed E-state index contributed by atoms with van der Waals surface area (Å²) in [5, 5.41) is 13.6. The lowest BCUT2D eigenvalue weighted by Crippen LogP contribution is -2.53. The molecule has 0 aliphatic carbocycles. The summed E-state index contributed by atoms with van der Waals surface area (Å²) in [6.45, 7) is 5.83. The summed E-state index contributed by atoms with van der Waals surface area (Å²) < 4.78 is 10.5. The molecule has 0 unspecified atom stereocenters. The molecule has 156 valence electrons. The van der Waals surface area contributed by atoms with Crippen molar-refractivity contribution in [3.63, 3.8) is 0 Å². The predicted octanol–water partition coefficient (Wildman–Crippen LogP) is 2.34. The van der Waals surface area contributed by atoms with E-state index in [0.717, 1.165) is 0 Å². The van der Waals surface area contributed by atoms with Crippen LogP contribution in [0.2, 0.25) is 0 Å². The number of carbonyl (C=O) groups excluding carboxylic acids is 2. The number of aliphatic hydroxyl groups is 1. The summed E-state index contributed by atoms with van der Waals surface area (Å²) in [4.78, 5) is 35.1. The lowest BCUT2D eigenvalue weighted by molar-refractivity contribution is -0.138. The average molecular weight is 402 g/mol. The molecule has 3 heterocycles. The molecule has 1 aliphatic rings. The molecule has 9 nitrogen and oxygen atoms in total. The Morgan fingerprint density at radius 3 is 2.52 bits per heavy atom. The molecular formula is C20H26N4O5. The van der Waals surface area contributed by atoms with Crippen molar-refractivity contribution in [2.24, 2.45) is 0 Å². The number of aromatic nitrogens is 2. The highest BCUT2D eigenvalue weighted by Gasteiger charge is 2.41. The Hall–Kier alpha value is -2.94. The number of rotatable bonds is 3. The molecule has 1 saturated heterocycles. The fourth-order valence-corrected chi connectivity index (χ4v) is 3.07. The number of amides is 2. The first-order valence-corrected chi connectivity index (χ1v) is 9.43. The zero-order valence-corrected chi connectivity index (χ0v) is 17.1. The molecule has 2 amide bonds. The number of hydrogen-bond acceptors (Lipinski definition) is 7. The van der Waals surface area contributed by atoms with E-state index in [-0.39, 0.29) is 25.9 Å². The van der Waals surface area contributed by atoms with E-state index in [9.17, 15) is 14.7 Å². The van der Waals surface area contributed by atoms with E-state index in [1.807, 2.05) is 0 Å². The number of nitrogens with zero attached hydrogens (tertiary/aromatic N) is 3. The second-order valence-electron chi connectivity index (χ2n) is 8.03. The molecule has 2 N–H and O–H groups in total. The Balaban J connectivity index is 1.70. The van der Waals surface area contributed by atoms with Crippen LogP contribution in [0.25, 0.3) is 11.0 Å². The number of hydrogen-bond donors (Lipinski definition) is 2. The van der Waals surface area contributed by atoms with E-state index >= 15 is 0 Å². The largest absolute Gasteiger partial charge is 0.481 e. The van der Waals surface area contributed by atoms with Crippen LogP contribution in [0.15, 0.2) is 24.4 Å². The molecule has 3 rings (SSSR count). The summed E-state index contributed by atoms with van der Waals surface area (Å²) in [7, 11) is 1.50. The van der Waals surface area contributed by atoms with Gasteiger partial charge >= 0.3 is 6.09 Å². The number of carbonyl (C=O) groups is 2. The number of fused-ring (bicyclic) bond motifs is 1. The fraction of sp³-hybridized carbons (Fsp3) is 0.500. The number of methoxy groups -OCH3 is 1. The molecule has 0 atom stereocenters. The van der Waals surface area contributed by atoms with Crippen molar-refractivity contribution in [2.75, 3.05) is 25.5 Å². The minimum atomic E-state index is -1.59. The maximum absolute atomic E-state index is 12.8. The molecular weight excluding hydrogens is 376 g/mol. The van der Waals surface area contributed by atoms with Crippen LogP contribution in [0.5, 0.6) is 5.88 Å². The monoisotopic (exact) mass is 402 g/mol. The van der Waals surface area contributed by atoms with Crippen LogP contribution in [-0.4, -0.2) is 63.4 Å². The lowest BCUT2D eigenvalue weighted by Gasteiger charge is -2.37. The van der Waals surface area contributed by atoms with Gasteiger partial charge in [0.1, 0.15) is 16.7 Å². The van der Waals surface area contributed by atoms with E-state index in [4.69, 9.17) is 9.47 Å². The Bertz CT molecular complexity index is 917. The van der Waals surface area contributed by atoms with E-state index in [1.54, 1.807) is 45.2 Å². The van der Waals surface area contributed by atoms with Crippen LogP contribution in [0.3, 0.4) is 0 Å². The van der Waals surface area contributed by atoms with E-state index in [0.29, 0.717) is 22.6 Å². The molecule has 1 aliphatic heterocycles. The highest BCUT2D eigenvalue weighted by Crippen LogP contribution is 2.28. The summed E-state index contributed by atoms with van der Waals surface area (Å²) in [5.41, 5.74) is -0.696. The standard InChI is InChI=1S/C20H26N4O5/c1-19(2,3)29-18(26)24-11-8-20(27,9-12-24)17(25)22-14-7-10-21-13-5-6-15(28-4)23-16(13)14/h5-7,10,27H,8-9,11-12H2,1-4H3,(H,21,22,25). The summed E-state index contributed by atoms with van der Waals surface area (Å²) in [6.07, 6.45) is 1.33. The molecule has 2 aromatic heterocycles. The van der Waals surface area contributed by atoms with Gasteiger partial charge in [0.15, 0.2) is 0 Å². The Kier molecular flexibility index (Phi) is 5.61. The average Bonchev–Trinajstić information content (AvgIpc) is 2.67. The van der Waals surface area contributed by atoms with Crippen molar-refractivity contribution >= 4 is 28.7 Å². The molecule has 29 heavy (non-hydrogen) atoms. The third-order valence-corrected chi connectivity index (χ3v) is 4.68. The lowest BCUT2D eigenvalue weighted by atomic mass is 9.90. The molecule has 1 fully saturated rings. The topological polar surface area (TPSA) is 114 Å². The SMILES string of the molecule is COc1ccc2nccc(NC(=O)C3(O)CCN(C(=O)OC(C)(C)C)CC3)c2n1. The van der Waals surface area contributed by atoms with Crippen molar-refractivity contribution < 1.29 is 24.2 Å². The van der Waals surface area contributed by atoms with Gasteiger partial charge in [-0.15, -0.1) is 0 Å². The minimum Gasteiger partial charge on any atom is -0.481 e. The first-order chi connectivity index (χ1) is 13.6. The van der Waals surface area contributed by atoms with Gasteiger partial charge in [0.05, 0.1) is 18.3 Å². The molecule has 0 spiro atoms. The van der Waals surface area contributed by atoms with E-state index < -0.39 is 23.2 Å².